The number of hydrogen-bond acceptors (Lipinski definition) is 3. The summed E-state index contributed by atoms with van der Waals surface area (Å²) in [6.07, 6.45) is 0. The first-order chi connectivity index (χ1) is 4.09. The molecular weight excluding hydrogens is 124 g/mol. The molecule has 0 bridgehead atoms. The summed E-state index contributed by atoms with van der Waals surface area (Å²) in [5.74, 6) is -1.06. The molecule has 1 N–H and O–H groups in total. The lowest BCUT2D eigenvalue weighted by molar-refractivity contribution is -0.142. The molecule has 0 aliphatic carbocycles. The van der Waals surface area contributed by atoms with Gasteiger partial charge in [0.15, 0.2) is 0 Å². The quantitative estimate of drug-likeness (QED) is 0.436. The van der Waals surface area contributed by atoms with Gasteiger partial charge in [0.1, 0.15) is 6.04 Å². The Bertz CT molecular complexity index is 125. The van der Waals surface area contributed by atoms with E-state index >= 15 is 0 Å². The molecule has 0 rings (SSSR count). The highest BCUT2D eigenvalue weighted by Gasteiger charge is 2.15. The van der Waals surface area contributed by atoms with E-state index in [9.17, 15) is 9.70 Å². The van der Waals surface area contributed by atoms with Gasteiger partial charge in [0, 0.05) is 7.05 Å². The predicted octanol–water partition coefficient (Wildman–Crippen LogP) is 0.0727. The van der Waals surface area contributed by atoms with Gasteiger partial charge in [-0.1, -0.05) is 0 Å². The average molecular weight is 132 g/mol. The van der Waals surface area contributed by atoms with E-state index in [0.717, 1.165) is 5.01 Å². The van der Waals surface area contributed by atoms with Gasteiger partial charge in [-0.05, 0) is 6.92 Å². The summed E-state index contributed by atoms with van der Waals surface area (Å²) in [4.78, 5) is 19.7. The number of aliphatic carboxylic acids is 1. The van der Waals surface area contributed by atoms with Crippen molar-refractivity contribution in [3.8, 4) is 0 Å². The van der Waals surface area contributed by atoms with E-state index in [4.69, 9.17) is 5.11 Å². The summed E-state index contributed by atoms with van der Waals surface area (Å²) in [5, 5.41) is 11.5. The van der Waals surface area contributed by atoms with E-state index in [0.29, 0.717) is 0 Å². The topological polar surface area (TPSA) is 70.0 Å². The maximum Gasteiger partial charge on any atom is 0.327 e. The van der Waals surface area contributed by atoms with Crippen LogP contribution in [0.4, 0.5) is 0 Å². The Kier molecular flexibility index (Phi) is 2.63. The molecule has 0 aliphatic heterocycles. The van der Waals surface area contributed by atoms with Gasteiger partial charge in [0.05, 0.1) is 5.29 Å². The Hall–Kier alpha value is -1.13. The molecule has 0 fully saturated rings. The standard InChI is InChI=1S/C4H8N2O3/c1-3(4(7)8)6(2)5-9/h3H,1-2H3,(H,7,8)/t3-/m0/s1. The maximum atomic E-state index is 10.1. The van der Waals surface area contributed by atoms with Crippen LogP contribution in [0.5, 0.6) is 0 Å². The van der Waals surface area contributed by atoms with Gasteiger partial charge >= 0.3 is 5.97 Å². The highest BCUT2D eigenvalue weighted by Crippen LogP contribution is 1.93. The first kappa shape index (κ1) is 7.87. The molecule has 0 amide bonds. The van der Waals surface area contributed by atoms with Crippen molar-refractivity contribution < 1.29 is 9.90 Å². The molecule has 9 heavy (non-hydrogen) atoms. The van der Waals surface area contributed by atoms with Crippen molar-refractivity contribution in [2.75, 3.05) is 7.05 Å². The number of nitroso groups, excluding NO2 is 1. The second-order valence-electron chi connectivity index (χ2n) is 1.67. The highest BCUT2D eigenvalue weighted by molar-refractivity contribution is 5.72. The third kappa shape index (κ3) is 2.07. The van der Waals surface area contributed by atoms with Crippen molar-refractivity contribution in [2.24, 2.45) is 5.29 Å². The van der Waals surface area contributed by atoms with E-state index in [-0.39, 0.29) is 0 Å². The van der Waals surface area contributed by atoms with Crippen LogP contribution in [0.2, 0.25) is 0 Å². The van der Waals surface area contributed by atoms with Crippen molar-refractivity contribution in [1.82, 2.24) is 5.01 Å². The fourth-order valence-corrected chi connectivity index (χ4v) is 0.231. The summed E-state index contributed by atoms with van der Waals surface area (Å²) in [5.41, 5.74) is 0. The Labute approximate surface area is 52.2 Å². The molecule has 5 nitrogen and oxygen atoms in total. The van der Waals surface area contributed by atoms with E-state index in [1.807, 2.05) is 0 Å². The molecule has 0 aromatic heterocycles. The van der Waals surface area contributed by atoms with Crippen LogP contribution < -0.4 is 0 Å². The second-order valence-corrected chi connectivity index (χ2v) is 1.67. The molecule has 0 saturated heterocycles. The summed E-state index contributed by atoms with van der Waals surface area (Å²) < 4.78 is 0. The number of nitrogens with zero attached hydrogens (tertiary/aromatic N) is 2. The van der Waals surface area contributed by atoms with Gasteiger partial charge in [0.2, 0.25) is 0 Å². The van der Waals surface area contributed by atoms with Crippen LogP contribution >= 0.6 is 0 Å². The molecule has 0 radical (unpaired) electrons. The summed E-state index contributed by atoms with van der Waals surface area (Å²) in [6, 6.07) is -0.845. The number of likely N-dealkylation sites (N-methyl/N-ethyl adjacent to an activating group) is 1. The number of carboxylic acids is 1. The minimum absolute atomic E-state index is 0.836. The molecule has 0 unspecified atom stereocenters. The third-order valence-corrected chi connectivity index (χ3v) is 1.05. The summed E-state index contributed by atoms with van der Waals surface area (Å²) >= 11 is 0. The van der Waals surface area contributed by atoms with E-state index in [1.165, 1.54) is 14.0 Å². The van der Waals surface area contributed by atoms with Crippen molar-refractivity contribution in [1.29, 1.82) is 0 Å². The predicted molar refractivity (Wildman–Crippen MR) is 30.7 cm³/mol. The Balaban J connectivity index is 3.86. The zero-order chi connectivity index (χ0) is 7.44. The molecule has 0 aromatic rings. The van der Waals surface area contributed by atoms with Gasteiger partial charge in [-0.2, -0.15) is 0 Å². The molecule has 0 spiro atoms. The van der Waals surface area contributed by atoms with Crippen LogP contribution in [0.15, 0.2) is 5.29 Å². The van der Waals surface area contributed by atoms with Gasteiger partial charge in [-0.15, -0.1) is 4.91 Å². The zero-order valence-electron chi connectivity index (χ0n) is 5.24. The Morgan fingerprint density at radius 3 is 2.33 bits per heavy atom. The lowest BCUT2D eigenvalue weighted by Crippen LogP contribution is -2.31. The van der Waals surface area contributed by atoms with E-state index in [1.54, 1.807) is 0 Å². The number of carboxylic acid groups (broad SMARTS) is 1. The van der Waals surface area contributed by atoms with Crippen molar-refractivity contribution in [3.63, 3.8) is 0 Å². The van der Waals surface area contributed by atoms with Crippen LogP contribution in [-0.2, 0) is 4.79 Å². The molecule has 0 saturated carbocycles. The lowest BCUT2D eigenvalue weighted by Gasteiger charge is -2.11. The zero-order valence-corrected chi connectivity index (χ0v) is 5.24. The largest absolute Gasteiger partial charge is 0.480 e. The first-order valence-corrected chi connectivity index (χ1v) is 2.38. The first-order valence-electron chi connectivity index (χ1n) is 2.38. The molecule has 5 heteroatoms. The smallest absolute Gasteiger partial charge is 0.327 e. The third-order valence-electron chi connectivity index (χ3n) is 1.05. The Morgan fingerprint density at radius 1 is 1.78 bits per heavy atom. The second kappa shape index (κ2) is 3.01. The van der Waals surface area contributed by atoms with Gasteiger partial charge < -0.3 is 5.11 Å². The van der Waals surface area contributed by atoms with Crippen LogP contribution in [-0.4, -0.2) is 29.2 Å². The summed E-state index contributed by atoms with van der Waals surface area (Å²) in [7, 11) is 1.31. The van der Waals surface area contributed by atoms with Crippen LogP contribution in [0.25, 0.3) is 0 Å². The fourth-order valence-electron chi connectivity index (χ4n) is 0.231. The van der Waals surface area contributed by atoms with E-state index in [2.05, 4.69) is 5.29 Å². The van der Waals surface area contributed by atoms with Gasteiger partial charge in [-0.25, -0.2) is 9.80 Å². The Morgan fingerprint density at radius 2 is 2.22 bits per heavy atom. The molecule has 0 aromatic carbocycles. The van der Waals surface area contributed by atoms with Gasteiger partial charge in [0.25, 0.3) is 0 Å². The lowest BCUT2D eigenvalue weighted by atomic mass is 10.3. The maximum absolute atomic E-state index is 10.1. The summed E-state index contributed by atoms with van der Waals surface area (Å²) in [6.45, 7) is 1.38. The van der Waals surface area contributed by atoms with Crippen LogP contribution in [0, 0.1) is 4.91 Å². The number of rotatable bonds is 3. The van der Waals surface area contributed by atoms with E-state index < -0.39 is 12.0 Å². The molecule has 52 valence electrons. The normalized spacial score (nSPS) is 12.2. The van der Waals surface area contributed by atoms with Gasteiger partial charge in [-0.3, -0.25) is 0 Å². The monoisotopic (exact) mass is 132 g/mol. The molecule has 0 heterocycles. The number of hydrogen-bond donors (Lipinski definition) is 1. The molecule has 1 atom stereocenters. The van der Waals surface area contributed by atoms with Crippen LogP contribution in [0.1, 0.15) is 6.92 Å². The SMILES string of the molecule is C[C@@H](C(=O)O)N(C)N=O. The van der Waals surface area contributed by atoms with Crippen molar-refractivity contribution in [3.05, 3.63) is 4.91 Å². The van der Waals surface area contributed by atoms with Crippen molar-refractivity contribution in [2.45, 2.75) is 13.0 Å². The number of carbonyl (C=O) groups is 1. The molecular formula is C4H8N2O3. The van der Waals surface area contributed by atoms with Crippen LogP contribution in [0.3, 0.4) is 0 Å². The average Bonchev–Trinajstić information content (AvgIpc) is 1.84. The fraction of sp³-hybridized carbons (Fsp3) is 0.750. The van der Waals surface area contributed by atoms with Crippen molar-refractivity contribution >= 4 is 5.97 Å². The molecule has 0 aliphatic rings. The highest BCUT2D eigenvalue weighted by atomic mass is 16.4. The minimum Gasteiger partial charge on any atom is -0.480 e. The minimum atomic E-state index is -1.06.